The highest BCUT2D eigenvalue weighted by atomic mass is 79.9. The summed E-state index contributed by atoms with van der Waals surface area (Å²) in [6, 6.07) is 8.35. The van der Waals surface area contributed by atoms with Gasteiger partial charge in [0.05, 0.1) is 0 Å². The van der Waals surface area contributed by atoms with Gasteiger partial charge in [-0.2, -0.15) is 0 Å². The third kappa shape index (κ3) is 5.88. The smallest absolute Gasteiger partial charge is 0.0463 e. The van der Waals surface area contributed by atoms with Crippen LogP contribution in [0.3, 0.4) is 0 Å². The highest BCUT2D eigenvalue weighted by molar-refractivity contribution is 9.10. The molecule has 90 valence electrons. The van der Waals surface area contributed by atoms with E-state index in [-0.39, 0.29) is 5.38 Å². The summed E-state index contributed by atoms with van der Waals surface area (Å²) < 4.78 is 1.12. The molecule has 0 fully saturated rings. The average Bonchev–Trinajstić information content (AvgIpc) is 2.20. The summed E-state index contributed by atoms with van der Waals surface area (Å²) in [5, 5.41) is 3.61. The third-order valence-corrected chi connectivity index (χ3v) is 3.20. The van der Waals surface area contributed by atoms with Crippen molar-refractivity contribution in [3.8, 4) is 0 Å². The normalized spacial score (nSPS) is 13.1. The van der Waals surface area contributed by atoms with Gasteiger partial charge in [-0.15, -0.1) is 11.6 Å². The Morgan fingerprint density at radius 2 is 1.88 bits per heavy atom. The van der Waals surface area contributed by atoms with E-state index in [1.165, 1.54) is 5.56 Å². The second-order valence-electron chi connectivity index (χ2n) is 4.48. The van der Waals surface area contributed by atoms with Crippen molar-refractivity contribution >= 4 is 27.5 Å². The lowest BCUT2D eigenvalue weighted by molar-refractivity contribution is 0.533. The molecule has 1 nitrogen and oxygen atoms in total. The van der Waals surface area contributed by atoms with E-state index in [1.807, 2.05) is 0 Å². The Labute approximate surface area is 112 Å². The van der Waals surface area contributed by atoms with E-state index in [0.717, 1.165) is 24.0 Å². The first-order valence-corrected chi connectivity index (χ1v) is 6.90. The van der Waals surface area contributed by atoms with Crippen molar-refractivity contribution in [3.63, 3.8) is 0 Å². The van der Waals surface area contributed by atoms with Gasteiger partial charge < -0.3 is 5.32 Å². The van der Waals surface area contributed by atoms with Gasteiger partial charge in [-0.3, -0.25) is 0 Å². The number of hydrogen-bond donors (Lipinski definition) is 1. The molecule has 3 heteroatoms. The van der Waals surface area contributed by atoms with Gasteiger partial charge in [0.2, 0.25) is 0 Å². The van der Waals surface area contributed by atoms with Crippen LogP contribution in [0.2, 0.25) is 0 Å². The number of rotatable bonds is 6. The maximum Gasteiger partial charge on any atom is 0.0463 e. The van der Waals surface area contributed by atoms with E-state index in [0.29, 0.717) is 5.92 Å². The molecule has 0 aliphatic rings. The minimum Gasteiger partial charge on any atom is -0.311 e. The molecular formula is C13H19BrClN. The van der Waals surface area contributed by atoms with Crippen LogP contribution in [0.1, 0.15) is 25.8 Å². The molecule has 0 aliphatic carbocycles. The van der Waals surface area contributed by atoms with Gasteiger partial charge >= 0.3 is 0 Å². The molecule has 16 heavy (non-hydrogen) atoms. The molecule has 0 amide bonds. The van der Waals surface area contributed by atoms with E-state index in [2.05, 4.69) is 59.4 Å². The van der Waals surface area contributed by atoms with Gasteiger partial charge in [-0.1, -0.05) is 41.9 Å². The molecule has 1 rings (SSSR count). The second kappa shape index (κ2) is 7.31. The summed E-state index contributed by atoms with van der Waals surface area (Å²) in [6.07, 6.45) is 1.06. The SMILES string of the molecule is CC(C)CC(Cl)CNCc1ccc(Br)cc1. The van der Waals surface area contributed by atoms with Crippen molar-refractivity contribution in [2.24, 2.45) is 5.92 Å². The predicted octanol–water partition coefficient (Wildman–Crippen LogP) is 4.19. The molecule has 0 bridgehead atoms. The summed E-state index contributed by atoms with van der Waals surface area (Å²) in [6.45, 7) is 6.15. The fraction of sp³-hybridized carbons (Fsp3) is 0.538. The zero-order chi connectivity index (χ0) is 12.0. The molecule has 0 saturated heterocycles. The lowest BCUT2D eigenvalue weighted by Gasteiger charge is -2.12. The Bertz CT molecular complexity index is 297. The van der Waals surface area contributed by atoms with Crippen molar-refractivity contribution in [2.45, 2.75) is 32.2 Å². The second-order valence-corrected chi connectivity index (χ2v) is 6.02. The van der Waals surface area contributed by atoms with Crippen LogP contribution in [0.4, 0.5) is 0 Å². The molecule has 1 aromatic carbocycles. The minimum absolute atomic E-state index is 0.232. The van der Waals surface area contributed by atoms with E-state index in [4.69, 9.17) is 11.6 Å². The quantitative estimate of drug-likeness (QED) is 0.777. The van der Waals surface area contributed by atoms with E-state index in [9.17, 15) is 0 Å². The van der Waals surface area contributed by atoms with Gasteiger partial charge in [0.1, 0.15) is 0 Å². The molecule has 0 radical (unpaired) electrons. The van der Waals surface area contributed by atoms with Crippen LogP contribution in [-0.2, 0) is 6.54 Å². The van der Waals surface area contributed by atoms with Gasteiger partial charge in [-0.25, -0.2) is 0 Å². The molecule has 0 saturated carbocycles. The fourth-order valence-corrected chi connectivity index (χ4v) is 2.30. The van der Waals surface area contributed by atoms with Crippen molar-refractivity contribution in [1.29, 1.82) is 0 Å². The Morgan fingerprint density at radius 1 is 1.25 bits per heavy atom. The molecular weight excluding hydrogens is 286 g/mol. The monoisotopic (exact) mass is 303 g/mol. The van der Waals surface area contributed by atoms with Crippen LogP contribution >= 0.6 is 27.5 Å². The Kier molecular flexibility index (Phi) is 6.40. The van der Waals surface area contributed by atoms with Crippen LogP contribution in [0.25, 0.3) is 0 Å². The van der Waals surface area contributed by atoms with Gasteiger partial charge in [-0.05, 0) is 30.0 Å². The highest BCUT2D eigenvalue weighted by Crippen LogP contribution is 2.11. The van der Waals surface area contributed by atoms with Crippen LogP contribution in [0, 0.1) is 5.92 Å². The number of benzene rings is 1. The number of alkyl halides is 1. The number of halogens is 2. The van der Waals surface area contributed by atoms with Crippen molar-refractivity contribution in [3.05, 3.63) is 34.3 Å². The standard InChI is InChI=1S/C13H19BrClN/c1-10(2)7-13(15)9-16-8-11-3-5-12(14)6-4-11/h3-6,10,13,16H,7-9H2,1-2H3. The molecule has 1 N–H and O–H groups in total. The zero-order valence-corrected chi connectivity index (χ0v) is 12.2. The number of hydrogen-bond acceptors (Lipinski definition) is 1. The molecule has 1 unspecified atom stereocenters. The average molecular weight is 305 g/mol. The van der Waals surface area contributed by atoms with Crippen LogP contribution in [-0.4, -0.2) is 11.9 Å². The van der Waals surface area contributed by atoms with E-state index >= 15 is 0 Å². The van der Waals surface area contributed by atoms with Crippen molar-refractivity contribution < 1.29 is 0 Å². The maximum absolute atomic E-state index is 6.20. The summed E-state index contributed by atoms with van der Waals surface area (Å²) in [5.41, 5.74) is 1.29. The zero-order valence-electron chi connectivity index (χ0n) is 9.84. The van der Waals surface area contributed by atoms with Gasteiger partial charge in [0.25, 0.3) is 0 Å². The van der Waals surface area contributed by atoms with E-state index in [1.54, 1.807) is 0 Å². The topological polar surface area (TPSA) is 12.0 Å². The molecule has 0 heterocycles. The molecule has 0 aromatic heterocycles. The van der Waals surface area contributed by atoms with Crippen LogP contribution < -0.4 is 5.32 Å². The van der Waals surface area contributed by atoms with Crippen molar-refractivity contribution in [2.75, 3.05) is 6.54 Å². The summed E-state index contributed by atoms with van der Waals surface area (Å²) in [5.74, 6) is 0.664. The Balaban J connectivity index is 2.22. The van der Waals surface area contributed by atoms with Crippen LogP contribution in [0.15, 0.2) is 28.7 Å². The lowest BCUT2D eigenvalue weighted by Crippen LogP contribution is -2.23. The highest BCUT2D eigenvalue weighted by Gasteiger charge is 2.06. The maximum atomic E-state index is 6.20. The number of nitrogens with one attached hydrogen (secondary N) is 1. The summed E-state index contributed by atoms with van der Waals surface area (Å²) in [4.78, 5) is 0. The van der Waals surface area contributed by atoms with Crippen molar-refractivity contribution in [1.82, 2.24) is 5.32 Å². The predicted molar refractivity (Wildman–Crippen MR) is 74.9 cm³/mol. The van der Waals surface area contributed by atoms with Gasteiger partial charge in [0, 0.05) is 22.9 Å². The first-order valence-electron chi connectivity index (χ1n) is 5.67. The van der Waals surface area contributed by atoms with Crippen LogP contribution in [0.5, 0.6) is 0 Å². The minimum atomic E-state index is 0.232. The lowest BCUT2D eigenvalue weighted by atomic mass is 10.1. The Hall–Kier alpha value is -0.0500. The van der Waals surface area contributed by atoms with E-state index < -0.39 is 0 Å². The molecule has 0 spiro atoms. The fourth-order valence-electron chi connectivity index (χ4n) is 1.57. The molecule has 1 aromatic rings. The summed E-state index contributed by atoms with van der Waals surface area (Å²) >= 11 is 9.62. The Morgan fingerprint density at radius 3 is 2.44 bits per heavy atom. The molecule has 1 atom stereocenters. The first kappa shape index (κ1) is 14.0. The largest absolute Gasteiger partial charge is 0.311 e. The first-order chi connectivity index (χ1) is 7.58. The van der Waals surface area contributed by atoms with Gasteiger partial charge in [0.15, 0.2) is 0 Å². The molecule has 0 aliphatic heterocycles. The third-order valence-electron chi connectivity index (χ3n) is 2.34. The summed E-state index contributed by atoms with van der Waals surface area (Å²) in [7, 11) is 0.